The first-order valence-corrected chi connectivity index (χ1v) is 5.34. The SMILES string of the molecule is COc1ccc2[nH]cc(CCC(C)=O)c2c1. The molecule has 3 nitrogen and oxygen atoms in total. The standard InChI is InChI=1S/C13H15NO2/c1-9(15)3-4-10-8-14-13-6-5-11(16-2)7-12(10)13/h5-8,14H,3-4H2,1-2H3. The Kier molecular flexibility index (Phi) is 2.95. The van der Waals surface area contributed by atoms with E-state index in [1.807, 2.05) is 24.4 Å². The van der Waals surface area contributed by atoms with Gasteiger partial charge in [0.15, 0.2) is 0 Å². The third-order valence-electron chi connectivity index (χ3n) is 2.72. The average molecular weight is 217 g/mol. The first-order chi connectivity index (χ1) is 7.70. The molecule has 0 aliphatic heterocycles. The number of carbonyl (C=O) groups is 1. The minimum absolute atomic E-state index is 0.220. The van der Waals surface area contributed by atoms with E-state index in [0.29, 0.717) is 6.42 Å². The Morgan fingerprint density at radius 1 is 1.44 bits per heavy atom. The molecule has 0 unspecified atom stereocenters. The Hall–Kier alpha value is -1.77. The first kappa shape index (κ1) is 10.7. The van der Waals surface area contributed by atoms with E-state index >= 15 is 0 Å². The number of ketones is 1. The van der Waals surface area contributed by atoms with Crippen molar-refractivity contribution in [1.29, 1.82) is 0 Å². The average Bonchev–Trinajstić information content (AvgIpc) is 2.68. The van der Waals surface area contributed by atoms with Crippen molar-refractivity contribution in [3.8, 4) is 5.75 Å². The van der Waals surface area contributed by atoms with Crippen LogP contribution in [0.4, 0.5) is 0 Å². The highest BCUT2D eigenvalue weighted by Gasteiger charge is 2.05. The molecule has 84 valence electrons. The van der Waals surface area contributed by atoms with Gasteiger partial charge in [0.25, 0.3) is 0 Å². The highest BCUT2D eigenvalue weighted by atomic mass is 16.5. The van der Waals surface area contributed by atoms with E-state index in [4.69, 9.17) is 4.74 Å². The lowest BCUT2D eigenvalue weighted by Crippen LogP contribution is -1.93. The predicted molar refractivity (Wildman–Crippen MR) is 63.9 cm³/mol. The summed E-state index contributed by atoms with van der Waals surface area (Å²) in [5, 5.41) is 1.14. The molecule has 0 bridgehead atoms. The summed E-state index contributed by atoms with van der Waals surface area (Å²) in [6.07, 6.45) is 3.33. The fourth-order valence-corrected chi connectivity index (χ4v) is 1.80. The van der Waals surface area contributed by atoms with Gasteiger partial charge in [-0.3, -0.25) is 0 Å². The molecule has 0 atom stereocenters. The van der Waals surface area contributed by atoms with E-state index in [0.717, 1.165) is 23.1 Å². The number of Topliss-reactive ketones (excluding diaryl/α,β-unsaturated/α-hetero) is 1. The molecule has 2 aromatic rings. The monoisotopic (exact) mass is 217 g/mol. The van der Waals surface area contributed by atoms with Crippen LogP contribution in [0, 0.1) is 0 Å². The zero-order valence-corrected chi connectivity index (χ0v) is 9.54. The lowest BCUT2D eigenvalue weighted by atomic mass is 10.1. The number of ether oxygens (including phenoxy) is 1. The number of aromatic nitrogens is 1. The van der Waals surface area contributed by atoms with E-state index in [-0.39, 0.29) is 5.78 Å². The van der Waals surface area contributed by atoms with Gasteiger partial charge in [-0.2, -0.15) is 0 Å². The fraction of sp³-hybridized carbons (Fsp3) is 0.308. The maximum atomic E-state index is 11.0. The summed E-state index contributed by atoms with van der Waals surface area (Å²) in [6, 6.07) is 5.92. The van der Waals surface area contributed by atoms with E-state index in [1.54, 1.807) is 14.0 Å². The quantitative estimate of drug-likeness (QED) is 0.855. The molecule has 0 radical (unpaired) electrons. The summed E-state index contributed by atoms with van der Waals surface area (Å²) in [5.74, 6) is 1.06. The summed E-state index contributed by atoms with van der Waals surface area (Å²) in [7, 11) is 1.66. The summed E-state index contributed by atoms with van der Waals surface area (Å²) in [5.41, 5.74) is 2.25. The summed E-state index contributed by atoms with van der Waals surface area (Å²) >= 11 is 0. The number of hydrogen-bond acceptors (Lipinski definition) is 2. The molecular weight excluding hydrogens is 202 g/mol. The van der Waals surface area contributed by atoms with E-state index in [9.17, 15) is 4.79 Å². The van der Waals surface area contributed by atoms with Crippen molar-refractivity contribution in [2.75, 3.05) is 7.11 Å². The molecule has 1 N–H and O–H groups in total. The molecule has 0 aliphatic carbocycles. The highest BCUT2D eigenvalue weighted by molar-refractivity contribution is 5.85. The molecule has 0 saturated heterocycles. The van der Waals surface area contributed by atoms with Gasteiger partial charge >= 0.3 is 0 Å². The van der Waals surface area contributed by atoms with Crippen LogP contribution in [0.25, 0.3) is 10.9 Å². The molecule has 1 aromatic carbocycles. The number of H-pyrrole nitrogens is 1. The molecule has 0 aliphatic rings. The molecule has 0 spiro atoms. The van der Waals surface area contributed by atoms with Crippen LogP contribution in [0.3, 0.4) is 0 Å². The van der Waals surface area contributed by atoms with Crippen molar-refractivity contribution < 1.29 is 9.53 Å². The largest absolute Gasteiger partial charge is 0.497 e. The number of carbonyl (C=O) groups excluding carboxylic acids is 1. The second-order valence-corrected chi connectivity index (χ2v) is 3.93. The summed E-state index contributed by atoms with van der Waals surface area (Å²) < 4.78 is 5.19. The Morgan fingerprint density at radius 3 is 2.94 bits per heavy atom. The molecule has 16 heavy (non-hydrogen) atoms. The number of fused-ring (bicyclic) bond motifs is 1. The number of aryl methyl sites for hydroxylation is 1. The van der Waals surface area contributed by atoms with E-state index < -0.39 is 0 Å². The van der Waals surface area contributed by atoms with Crippen molar-refractivity contribution in [3.05, 3.63) is 30.0 Å². The molecule has 0 amide bonds. The van der Waals surface area contributed by atoms with Crippen LogP contribution in [0.15, 0.2) is 24.4 Å². The van der Waals surface area contributed by atoms with Crippen LogP contribution < -0.4 is 4.74 Å². The van der Waals surface area contributed by atoms with Gasteiger partial charge in [-0.15, -0.1) is 0 Å². The number of benzene rings is 1. The lowest BCUT2D eigenvalue weighted by molar-refractivity contribution is -0.116. The number of aromatic amines is 1. The third-order valence-corrected chi connectivity index (χ3v) is 2.72. The predicted octanol–water partition coefficient (Wildman–Crippen LogP) is 2.70. The highest BCUT2D eigenvalue weighted by Crippen LogP contribution is 2.24. The second kappa shape index (κ2) is 4.39. The van der Waals surface area contributed by atoms with Gasteiger partial charge in [0.1, 0.15) is 11.5 Å². The minimum atomic E-state index is 0.220. The van der Waals surface area contributed by atoms with Crippen LogP contribution in [0.2, 0.25) is 0 Å². The topological polar surface area (TPSA) is 42.1 Å². The number of hydrogen-bond donors (Lipinski definition) is 1. The fourth-order valence-electron chi connectivity index (χ4n) is 1.80. The molecule has 0 saturated carbocycles. The maximum absolute atomic E-state index is 11.0. The van der Waals surface area contributed by atoms with Gasteiger partial charge in [0.2, 0.25) is 0 Å². The normalized spacial score (nSPS) is 10.6. The van der Waals surface area contributed by atoms with E-state index in [2.05, 4.69) is 4.98 Å². The second-order valence-electron chi connectivity index (χ2n) is 3.93. The van der Waals surface area contributed by atoms with Crippen LogP contribution in [0.1, 0.15) is 18.9 Å². The van der Waals surface area contributed by atoms with E-state index in [1.165, 1.54) is 5.56 Å². The van der Waals surface area contributed by atoms with Gasteiger partial charge in [-0.1, -0.05) is 0 Å². The van der Waals surface area contributed by atoms with Crippen molar-refractivity contribution in [3.63, 3.8) is 0 Å². The van der Waals surface area contributed by atoms with Gasteiger partial charge in [0.05, 0.1) is 7.11 Å². The third kappa shape index (κ3) is 2.08. The molecular formula is C13H15NO2. The number of methoxy groups -OCH3 is 1. The molecule has 2 rings (SSSR count). The summed E-state index contributed by atoms with van der Waals surface area (Å²) in [4.78, 5) is 14.2. The van der Waals surface area contributed by atoms with Gasteiger partial charge in [-0.05, 0) is 37.1 Å². The van der Waals surface area contributed by atoms with Crippen molar-refractivity contribution in [2.45, 2.75) is 19.8 Å². The Bertz CT molecular complexity index is 514. The molecule has 0 fully saturated rings. The minimum Gasteiger partial charge on any atom is -0.497 e. The number of nitrogens with one attached hydrogen (secondary N) is 1. The zero-order chi connectivity index (χ0) is 11.5. The lowest BCUT2D eigenvalue weighted by Gasteiger charge is -2.01. The van der Waals surface area contributed by atoms with Crippen LogP contribution in [-0.2, 0) is 11.2 Å². The van der Waals surface area contributed by atoms with Crippen molar-refractivity contribution >= 4 is 16.7 Å². The molecule has 1 heterocycles. The van der Waals surface area contributed by atoms with Gasteiger partial charge < -0.3 is 14.5 Å². The first-order valence-electron chi connectivity index (χ1n) is 5.34. The van der Waals surface area contributed by atoms with Crippen LogP contribution in [0.5, 0.6) is 5.75 Å². The molecule has 1 aromatic heterocycles. The summed E-state index contributed by atoms with van der Waals surface area (Å²) in [6.45, 7) is 1.62. The zero-order valence-electron chi connectivity index (χ0n) is 9.54. The van der Waals surface area contributed by atoms with Crippen LogP contribution in [-0.4, -0.2) is 17.9 Å². The Balaban J connectivity index is 2.34. The molecule has 3 heteroatoms. The van der Waals surface area contributed by atoms with Gasteiger partial charge in [-0.25, -0.2) is 0 Å². The number of rotatable bonds is 4. The Morgan fingerprint density at radius 2 is 2.25 bits per heavy atom. The maximum Gasteiger partial charge on any atom is 0.130 e. The van der Waals surface area contributed by atoms with Crippen molar-refractivity contribution in [1.82, 2.24) is 4.98 Å². The Labute approximate surface area is 94.4 Å². The van der Waals surface area contributed by atoms with Crippen LogP contribution >= 0.6 is 0 Å². The smallest absolute Gasteiger partial charge is 0.130 e. The van der Waals surface area contributed by atoms with Crippen molar-refractivity contribution in [2.24, 2.45) is 0 Å². The van der Waals surface area contributed by atoms with Gasteiger partial charge in [0, 0.05) is 23.5 Å².